The van der Waals surface area contributed by atoms with E-state index in [1.54, 1.807) is 30.2 Å². The number of nitrogens with two attached hydrogens (primary N) is 1. The zero-order chi connectivity index (χ0) is 25.3. The summed E-state index contributed by atoms with van der Waals surface area (Å²) in [6, 6.07) is 16.9. The Balaban J connectivity index is 1.28. The highest BCUT2D eigenvalue weighted by Crippen LogP contribution is 2.26. The third kappa shape index (κ3) is 6.56. The first-order valence-electron chi connectivity index (χ1n) is 11.6. The van der Waals surface area contributed by atoms with Gasteiger partial charge in [-0.25, -0.2) is 0 Å². The van der Waals surface area contributed by atoms with E-state index in [1.807, 2.05) is 48.5 Å². The molecule has 1 aromatic heterocycles. The molecule has 10 nitrogen and oxygen atoms in total. The van der Waals surface area contributed by atoms with Crippen molar-refractivity contribution in [3.63, 3.8) is 0 Å². The number of nitrogens with zero attached hydrogens (tertiary/aromatic N) is 4. The summed E-state index contributed by atoms with van der Waals surface area (Å²) in [6.07, 6.45) is 4.42. The van der Waals surface area contributed by atoms with Gasteiger partial charge in [-0.05, 0) is 36.6 Å². The summed E-state index contributed by atoms with van der Waals surface area (Å²) < 4.78 is 10.8. The number of ether oxygens (including phenoxy) is 2. The second-order valence-electron chi connectivity index (χ2n) is 8.21. The first-order valence-corrected chi connectivity index (χ1v) is 11.6. The van der Waals surface area contributed by atoms with Gasteiger partial charge < -0.3 is 25.4 Å². The molecule has 1 amide bonds. The molecule has 0 bridgehead atoms. The Kier molecular flexibility index (Phi) is 8.07. The second-order valence-corrected chi connectivity index (χ2v) is 8.21. The van der Waals surface area contributed by atoms with Crippen LogP contribution in [0.1, 0.15) is 24.2 Å². The SMILES string of the molecule is COc1ccccc1Nc1nc(N)nc(COC(=O)C2CCN(C(=O)/C=C/c3ccccc3)CC2)n1. The molecule has 1 saturated heterocycles. The van der Waals surface area contributed by atoms with E-state index < -0.39 is 0 Å². The molecule has 4 rings (SSSR count). The molecule has 0 atom stereocenters. The van der Waals surface area contributed by atoms with Crippen molar-refractivity contribution in [3.05, 3.63) is 72.1 Å². The molecular formula is C26H28N6O4. The maximum atomic E-state index is 12.6. The molecule has 2 aromatic carbocycles. The Bertz CT molecular complexity index is 1230. The lowest BCUT2D eigenvalue weighted by Crippen LogP contribution is -2.39. The van der Waals surface area contributed by atoms with Crippen molar-refractivity contribution in [2.75, 3.05) is 31.2 Å². The molecule has 2 heterocycles. The molecule has 10 heteroatoms. The highest BCUT2D eigenvalue weighted by molar-refractivity contribution is 5.92. The number of aromatic nitrogens is 3. The predicted molar refractivity (Wildman–Crippen MR) is 135 cm³/mol. The fourth-order valence-corrected chi connectivity index (χ4v) is 3.85. The fourth-order valence-electron chi connectivity index (χ4n) is 3.85. The molecule has 0 spiro atoms. The molecule has 1 aliphatic heterocycles. The number of hydrogen-bond acceptors (Lipinski definition) is 9. The van der Waals surface area contributed by atoms with Gasteiger partial charge in [0.25, 0.3) is 0 Å². The second kappa shape index (κ2) is 11.8. The van der Waals surface area contributed by atoms with Gasteiger partial charge in [0.05, 0.1) is 18.7 Å². The van der Waals surface area contributed by atoms with Crippen molar-refractivity contribution >= 4 is 35.5 Å². The first-order chi connectivity index (χ1) is 17.5. The minimum Gasteiger partial charge on any atom is -0.495 e. The van der Waals surface area contributed by atoms with E-state index in [0.29, 0.717) is 37.4 Å². The van der Waals surface area contributed by atoms with Gasteiger partial charge in [0.1, 0.15) is 5.75 Å². The number of likely N-dealkylation sites (tertiary alicyclic amines) is 1. The van der Waals surface area contributed by atoms with Crippen molar-refractivity contribution in [2.24, 2.45) is 5.92 Å². The van der Waals surface area contributed by atoms with Crippen molar-refractivity contribution in [1.82, 2.24) is 19.9 Å². The van der Waals surface area contributed by atoms with E-state index in [2.05, 4.69) is 20.3 Å². The third-order valence-corrected chi connectivity index (χ3v) is 5.75. The van der Waals surface area contributed by atoms with Gasteiger partial charge in [-0.2, -0.15) is 15.0 Å². The maximum absolute atomic E-state index is 12.6. The number of benzene rings is 2. The van der Waals surface area contributed by atoms with E-state index in [-0.39, 0.29) is 42.1 Å². The average Bonchev–Trinajstić information content (AvgIpc) is 2.91. The number of nitrogen functional groups attached to an aromatic ring is 1. The van der Waals surface area contributed by atoms with Gasteiger partial charge in [0.15, 0.2) is 12.4 Å². The van der Waals surface area contributed by atoms with Gasteiger partial charge in [-0.15, -0.1) is 0 Å². The highest BCUT2D eigenvalue weighted by atomic mass is 16.5. The maximum Gasteiger partial charge on any atom is 0.309 e. The standard InChI is InChI=1S/C26H28N6O4/c1-35-21-10-6-5-9-20(21)28-26-30-22(29-25(27)31-26)17-36-24(34)19-13-15-32(16-14-19)23(33)12-11-18-7-3-2-4-8-18/h2-12,19H,13-17H2,1H3,(H3,27,28,29,30,31)/b12-11+. The van der Waals surface area contributed by atoms with Gasteiger partial charge in [-0.3, -0.25) is 9.59 Å². The van der Waals surface area contributed by atoms with Crippen LogP contribution in [0.15, 0.2) is 60.7 Å². The largest absolute Gasteiger partial charge is 0.495 e. The number of anilines is 3. The van der Waals surface area contributed by atoms with Crippen molar-refractivity contribution in [2.45, 2.75) is 19.4 Å². The summed E-state index contributed by atoms with van der Waals surface area (Å²) in [5.41, 5.74) is 7.44. The molecule has 36 heavy (non-hydrogen) atoms. The third-order valence-electron chi connectivity index (χ3n) is 5.75. The summed E-state index contributed by atoms with van der Waals surface area (Å²) in [6.45, 7) is 0.845. The average molecular weight is 489 g/mol. The van der Waals surface area contributed by atoms with Crippen LogP contribution in [-0.2, 0) is 20.9 Å². The zero-order valence-electron chi connectivity index (χ0n) is 20.0. The zero-order valence-corrected chi connectivity index (χ0v) is 20.0. The van der Waals surface area contributed by atoms with Gasteiger partial charge >= 0.3 is 5.97 Å². The lowest BCUT2D eigenvalue weighted by molar-refractivity contribution is -0.152. The van der Waals surface area contributed by atoms with Crippen LogP contribution in [0, 0.1) is 5.92 Å². The number of piperidine rings is 1. The van der Waals surface area contributed by atoms with Crippen molar-refractivity contribution in [1.29, 1.82) is 0 Å². The van der Waals surface area contributed by atoms with Crippen LogP contribution < -0.4 is 15.8 Å². The Labute approximate surface area is 209 Å². The first kappa shape index (κ1) is 24.6. The smallest absolute Gasteiger partial charge is 0.309 e. The number of para-hydroxylation sites is 2. The number of carbonyl (C=O) groups excluding carboxylic acids is 2. The summed E-state index contributed by atoms with van der Waals surface area (Å²) in [5.74, 6) is 0.355. The molecule has 1 fully saturated rings. The van der Waals surface area contributed by atoms with Gasteiger partial charge in [0.2, 0.25) is 17.8 Å². The van der Waals surface area contributed by atoms with E-state index in [0.717, 1.165) is 5.56 Å². The van der Waals surface area contributed by atoms with Crippen molar-refractivity contribution in [3.8, 4) is 5.75 Å². The minimum absolute atomic E-state index is 0.00354. The lowest BCUT2D eigenvalue weighted by atomic mass is 9.97. The lowest BCUT2D eigenvalue weighted by Gasteiger charge is -2.30. The fraction of sp³-hybridized carbons (Fsp3) is 0.269. The summed E-state index contributed by atoms with van der Waals surface area (Å²) >= 11 is 0. The Morgan fingerprint density at radius 2 is 1.78 bits per heavy atom. The van der Waals surface area contributed by atoms with Crippen LogP contribution in [0.4, 0.5) is 17.6 Å². The summed E-state index contributed by atoms with van der Waals surface area (Å²) in [7, 11) is 1.56. The molecule has 1 aliphatic rings. The van der Waals surface area contributed by atoms with Crippen molar-refractivity contribution < 1.29 is 19.1 Å². The van der Waals surface area contributed by atoms with Crippen LogP contribution in [0.3, 0.4) is 0 Å². The van der Waals surface area contributed by atoms with Crippen LogP contribution in [0.2, 0.25) is 0 Å². The monoisotopic (exact) mass is 488 g/mol. The minimum atomic E-state index is -0.347. The summed E-state index contributed by atoms with van der Waals surface area (Å²) in [5, 5.41) is 3.04. The van der Waals surface area contributed by atoms with Crippen LogP contribution >= 0.6 is 0 Å². The molecule has 0 aliphatic carbocycles. The van der Waals surface area contributed by atoms with E-state index in [1.165, 1.54) is 0 Å². The number of nitrogens with one attached hydrogen (secondary N) is 1. The molecule has 0 saturated carbocycles. The quantitative estimate of drug-likeness (QED) is 0.362. The van der Waals surface area contributed by atoms with E-state index in [9.17, 15) is 9.59 Å². The number of rotatable bonds is 8. The normalized spacial score (nSPS) is 14.0. The van der Waals surface area contributed by atoms with Crippen LogP contribution in [0.5, 0.6) is 5.75 Å². The number of carbonyl (C=O) groups is 2. The van der Waals surface area contributed by atoms with E-state index >= 15 is 0 Å². The highest BCUT2D eigenvalue weighted by Gasteiger charge is 2.28. The molecule has 0 radical (unpaired) electrons. The van der Waals surface area contributed by atoms with Crippen LogP contribution in [-0.4, -0.2) is 51.9 Å². The Morgan fingerprint density at radius 3 is 2.53 bits per heavy atom. The number of esters is 1. The molecular weight excluding hydrogens is 460 g/mol. The Hall–Kier alpha value is -4.47. The summed E-state index contributed by atoms with van der Waals surface area (Å²) in [4.78, 5) is 39.3. The Morgan fingerprint density at radius 1 is 1.06 bits per heavy atom. The predicted octanol–water partition coefficient (Wildman–Crippen LogP) is 3.20. The molecule has 186 valence electrons. The molecule has 3 N–H and O–H groups in total. The van der Waals surface area contributed by atoms with E-state index in [4.69, 9.17) is 15.2 Å². The van der Waals surface area contributed by atoms with Gasteiger partial charge in [-0.1, -0.05) is 42.5 Å². The molecule has 0 unspecified atom stereocenters. The molecule has 3 aromatic rings. The number of methoxy groups -OCH3 is 1. The number of hydrogen-bond donors (Lipinski definition) is 2. The van der Waals surface area contributed by atoms with Crippen LogP contribution in [0.25, 0.3) is 6.08 Å². The topological polar surface area (TPSA) is 133 Å². The van der Waals surface area contributed by atoms with Gasteiger partial charge in [0, 0.05) is 19.2 Å². The number of amides is 1.